The maximum Gasteiger partial charge on any atom is 0.230 e. The predicted octanol–water partition coefficient (Wildman–Crippen LogP) is -0.164. The molecule has 1 saturated heterocycles. The SMILES string of the molecule is NC(=O)C(C(N)N)C(NCN[C@H]1CCCC[C@H]1N)Nc1cc(-c2coc3c(=O)cc(N4CCOCC4)oc23)sn1. The standard InChI is InChI=1S/C25H37N9O5S/c26-14-3-1-2-4-15(14)30-12-31-25(20(23(27)28)24(29)36)32-18-10-17(40-33-18)13-11-38-22-16(35)9-19(39-21(13)22)34-5-7-37-8-6-34/h9-11,14-15,20,23,25,30-31H,1-8,12,26-28H2,(H2,29,36)(H,32,33)/t14-,15+,20?,25?/m1/s1. The first-order valence-electron chi connectivity index (χ1n) is 13.5. The third kappa shape index (κ3) is 6.30. The average molecular weight is 576 g/mol. The minimum absolute atomic E-state index is 0.0698. The minimum Gasteiger partial charge on any atom is -0.456 e. The van der Waals surface area contributed by atoms with Crippen molar-refractivity contribution in [1.29, 1.82) is 0 Å². The smallest absolute Gasteiger partial charge is 0.230 e. The molecular weight excluding hydrogens is 538 g/mol. The number of primary amides is 1. The molecule has 1 amide bonds. The number of rotatable bonds is 11. The molecule has 218 valence electrons. The van der Waals surface area contributed by atoms with E-state index in [0.29, 0.717) is 60.7 Å². The van der Waals surface area contributed by atoms with Gasteiger partial charge in [0.25, 0.3) is 0 Å². The molecular formula is C25H37N9O5S. The van der Waals surface area contributed by atoms with Crippen molar-refractivity contribution in [2.45, 2.75) is 50.1 Å². The number of carbonyl (C=O) groups excluding carboxylic acids is 1. The molecule has 0 spiro atoms. The molecule has 2 fully saturated rings. The second kappa shape index (κ2) is 12.6. The first-order valence-corrected chi connectivity index (χ1v) is 14.2. The summed E-state index contributed by atoms with van der Waals surface area (Å²) in [4.78, 5) is 27.7. The highest BCUT2D eigenvalue weighted by Crippen LogP contribution is 2.35. The Morgan fingerprint density at radius 1 is 1.18 bits per heavy atom. The van der Waals surface area contributed by atoms with Crippen LogP contribution in [0, 0.1) is 5.92 Å². The number of ether oxygens (including phenoxy) is 1. The van der Waals surface area contributed by atoms with E-state index < -0.39 is 24.2 Å². The maximum absolute atomic E-state index is 12.7. The first-order chi connectivity index (χ1) is 19.3. The van der Waals surface area contributed by atoms with E-state index in [1.165, 1.54) is 23.9 Å². The van der Waals surface area contributed by atoms with Gasteiger partial charge in [0.2, 0.25) is 16.9 Å². The van der Waals surface area contributed by atoms with E-state index in [-0.39, 0.29) is 23.1 Å². The highest BCUT2D eigenvalue weighted by Gasteiger charge is 2.32. The highest BCUT2D eigenvalue weighted by molar-refractivity contribution is 7.10. The molecule has 0 bridgehead atoms. The monoisotopic (exact) mass is 575 g/mol. The summed E-state index contributed by atoms with van der Waals surface area (Å²) in [6.45, 7) is 2.71. The van der Waals surface area contributed by atoms with Gasteiger partial charge >= 0.3 is 0 Å². The Morgan fingerprint density at radius 2 is 1.95 bits per heavy atom. The van der Waals surface area contributed by atoms with Crippen LogP contribution in [0.5, 0.6) is 0 Å². The summed E-state index contributed by atoms with van der Waals surface area (Å²) in [6.07, 6.45) is 3.94. The molecule has 5 rings (SSSR count). The van der Waals surface area contributed by atoms with Crippen LogP contribution in [-0.2, 0) is 9.53 Å². The van der Waals surface area contributed by atoms with E-state index in [4.69, 9.17) is 36.5 Å². The van der Waals surface area contributed by atoms with Crippen molar-refractivity contribution in [3.05, 3.63) is 28.6 Å². The molecule has 0 radical (unpaired) electrons. The van der Waals surface area contributed by atoms with Gasteiger partial charge in [0.05, 0.1) is 48.0 Å². The van der Waals surface area contributed by atoms with Crippen LogP contribution >= 0.6 is 11.5 Å². The van der Waals surface area contributed by atoms with Crippen LogP contribution in [0.1, 0.15) is 25.7 Å². The molecule has 2 aliphatic rings. The van der Waals surface area contributed by atoms with E-state index in [0.717, 1.165) is 25.7 Å². The van der Waals surface area contributed by atoms with Crippen molar-refractivity contribution in [2.24, 2.45) is 28.9 Å². The van der Waals surface area contributed by atoms with Gasteiger partial charge in [-0.2, -0.15) is 4.37 Å². The lowest BCUT2D eigenvalue weighted by atomic mass is 9.91. The van der Waals surface area contributed by atoms with Gasteiger partial charge in [0.1, 0.15) is 12.1 Å². The number of nitrogens with one attached hydrogen (secondary N) is 3. The topological polar surface area (TPSA) is 226 Å². The van der Waals surface area contributed by atoms with Crippen LogP contribution in [0.2, 0.25) is 0 Å². The maximum atomic E-state index is 12.7. The van der Waals surface area contributed by atoms with Gasteiger partial charge in [-0.05, 0) is 24.4 Å². The summed E-state index contributed by atoms with van der Waals surface area (Å²) >= 11 is 1.18. The molecule has 3 aromatic heterocycles. The van der Waals surface area contributed by atoms with Crippen molar-refractivity contribution in [2.75, 3.05) is 43.2 Å². The van der Waals surface area contributed by atoms with Gasteiger partial charge in [-0.1, -0.05) is 12.8 Å². The fraction of sp³-hybridized carbons (Fsp3) is 0.560. The number of fused-ring (bicyclic) bond motifs is 1. The quantitative estimate of drug-likeness (QED) is 0.148. The number of hydrogen-bond acceptors (Lipinski definition) is 14. The molecule has 15 heteroatoms. The number of morpholine rings is 1. The Labute approximate surface area is 234 Å². The summed E-state index contributed by atoms with van der Waals surface area (Å²) in [5, 5.41) is 9.87. The summed E-state index contributed by atoms with van der Waals surface area (Å²) in [5.41, 5.74) is 24.6. The van der Waals surface area contributed by atoms with Gasteiger partial charge in [-0.15, -0.1) is 0 Å². The zero-order chi connectivity index (χ0) is 28.2. The Morgan fingerprint density at radius 3 is 2.67 bits per heavy atom. The van der Waals surface area contributed by atoms with E-state index in [2.05, 4.69) is 20.3 Å². The Kier molecular flexibility index (Phi) is 9.00. The second-order valence-corrected chi connectivity index (χ2v) is 11.0. The average Bonchev–Trinajstić information content (AvgIpc) is 3.57. The molecule has 11 N–H and O–H groups in total. The second-order valence-electron chi connectivity index (χ2n) is 10.2. The number of furan rings is 1. The summed E-state index contributed by atoms with van der Waals surface area (Å²) in [6, 6.07) is 3.44. The number of nitrogens with zero attached hydrogens (tertiary/aromatic N) is 2. The molecule has 3 aromatic rings. The minimum atomic E-state index is -1.01. The van der Waals surface area contributed by atoms with Gasteiger partial charge < -0.3 is 52.0 Å². The van der Waals surface area contributed by atoms with Gasteiger partial charge in [-0.25, -0.2) is 0 Å². The van der Waals surface area contributed by atoms with E-state index in [9.17, 15) is 9.59 Å². The molecule has 4 heterocycles. The summed E-state index contributed by atoms with van der Waals surface area (Å²) in [7, 11) is 0. The molecule has 1 saturated carbocycles. The number of anilines is 2. The molecule has 40 heavy (non-hydrogen) atoms. The van der Waals surface area contributed by atoms with Crippen LogP contribution < -0.4 is 49.2 Å². The lowest BCUT2D eigenvalue weighted by Gasteiger charge is -2.32. The largest absolute Gasteiger partial charge is 0.456 e. The fourth-order valence-corrected chi connectivity index (χ4v) is 5.93. The molecule has 14 nitrogen and oxygen atoms in total. The molecule has 0 aromatic carbocycles. The summed E-state index contributed by atoms with van der Waals surface area (Å²) in [5.74, 6) is -0.666. The van der Waals surface area contributed by atoms with Crippen molar-refractivity contribution < 1.29 is 18.4 Å². The fourth-order valence-electron chi connectivity index (χ4n) is 5.23. The Bertz CT molecular complexity index is 1350. The number of aromatic nitrogens is 1. The molecule has 1 aliphatic heterocycles. The van der Waals surface area contributed by atoms with Crippen LogP contribution in [-0.4, -0.2) is 67.7 Å². The molecule has 1 aliphatic carbocycles. The predicted molar refractivity (Wildman–Crippen MR) is 153 cm³/mol. The first kappa shape index (κ1) is 28.5. The molecule has 4 atom stereocenters. The number of hydrogen-bond donors (Lipinski definition) is 7. The van der Waals surface area contributed by atoms with Crippen LogP contribution in [0.15, 0.2) is 32.0 Å². The third-order valence-corrected chi connectivity index (χ3v) is 8.26. The third-order valence-electron chi connectivity index (χ3n) is 7.44. The zero-order valence-electron chi connectivity index (χ0n) is 22.1. The number of amides is 1. The zero-order valence-corrected chi connectivity index (χ0v) is 23.0. The van der Waals surface area contributed by atoms with E-state index in [1.807, 2.05) is 4.90 Å². The van der Waals surface area contributed by atoms with Gasteiger partial charge in [0.15, 0.2) is 11.5 Å². The highest BCUT2D eigenvalue weighted by atomic mass is 32.1. The van der Waals surface area contributed by atoms with Crippen LogP contribution in [0.25, 0.3) is 21.6 Å². The normalized spacial score (nSPS) is 21.6. The lowest BCUT2D eigenvalue weighted by molar-refractivity contribution is -0.123. The van der Waals surface area contributed by atoms with Crippen molar-refractivity contribution in [1.82, 2.24) is 15.0 Å². The molecule has 2 unspecified atom stereocenters. The van der Waals surface area contributed by atoms with Gasteiger partial charge in [-0.3, -0.25) is 14.9 Å². The van der Waals surface area contributed by atoms with Crippen molar-refractivity contribution in [3.63, 3.8) is 0 Å². The Hall–Kier alpha value is -3.05. The van der Waals surface area contributed by atoms with E-state index in [1.54, 1.807) is 6.07 Å². The Balaban J connectivity index is 1.35. The number of carbonyl (C=O) groups is 1. The van der Waals surface area contributed by atoms with Crippen molar-refractivity contribution in [3.8, 4) is 10.4 Å². The number of nitrogens with two attached hydrogens (primary N) is 4. The summed E-state index contributed by atoms with van der Waals surface area (Å²) < 4.78 is 21.6. The van der Waals surface area contributed by atoms with Crippen LogP contribution in [0.4, 0.5) is 11.7 Å². The van der Waals surface area contributed by atoms with E-state index >= 15 is 0 Å². The van der Waals surface area contributed by atoms with Crippen LogP contribution in [0.3, 0.4) is 0 Å². The lowest BCUT2D eigenvalue weighted by Crippen LogP contribution is -2.60. The van der Waals surface area contributed by atoms with Gasteiger partial charge in [0, 0.05) is 37.9 Å². The van der Waals surface area contributed by atoms with Crippen molar-refractivity contribution >= 4 is 40.3 Å².